The molecule has 3 aromatic rings. The van der Waals surface area contributed by atoms with Crippen molar-refractivity contribution in [2.75, 3.05) is 37.7 Å². The second-order valence-electron chi connectivity index (χ2n) is 7.00. The summed E-state index contributed by atoms with van der Waals surface area (Å²) in [5.41, 5.74) is 8.57. The lowest BCUT2D eigenvalue weighted by Gasteiger charge is -2.28. The van der Waals surface area contributed by atoms with Crippen molar-refractivity contribution in [2.45, 2.75) is 22.3 Å². The first-order chi connectivity index (χ1) is 13.9. The van der Waals surface area contributed by atoms with Crippen LogP contribution in [-0.2, 0) is 4.74 Å². The van der Waals surface area contributed by atoms with Gasteiger partial charge in [-0.15, -0.1) is 0 Å². The van der Waals surface area contributed by atoms with Crippen molar-refractivity contribution in [3.05, 3.63) is 54.4 Å². The Kier molecular flexibility index (Phi) is 5.14. The van der Waals surface area contributed by atoms with Crippen LogP contribution in [0.5, 0.6) is 0 Å². The zero-order chi connectivity index (χ0) is 18.8. The van der Waals surface area contributed by atoms with Crippen molar-refractivity contribution in [1.82, 2.24) is 20.8 Å². The predicted molar refractivity (Wildman–Crippen MR) is 112 cm³/mol. The van der Waals surface area contributed by atoms with Crippen LogP contribution < -0.4 is 15.8 Å². The summed E-state index contributed by atoms with van der Waals surface area (Å²) in [5.74, 6) is 1.01. The van der Waals surface area contributed by atoms with Gasteiger partial charge < -0.3 is 9.64 Å². The molecule has 144 valence electrons. The van der Waals surface area contributed by atoms with E-state index in [0.717, 1.165) is 61.7 Å². The summed E-state index contributed by atoms with van der Waals surface area (Å²) in [6.45, 7) is 4.17. The van der Waals surface area contributed by atoms with Gasteiger partial charge >= 0.3 is 0 Å². The Labute approximate surface area is 168 Å². The maximum Gasteiger partial charge on any atom is 0.130 e. The average Bonchev–Trinajstić information content (AvgIpc) is 3.29. The monoisotopic (exact) mass is 393 g/mol. The van der Waals surface area contributed by atoms with Crippen LogP contribution in [0.25, 0.3) is 10.9 Å². The fourth-order valence-electron chi connectivity index (χ4n) is 3.73. The van der Waals surface area contributed by atoms with E-state index >= 15 is 0 Å². The van der Waals surface area contributed by atoms with Crippen LogP contribution in [0.1, 0.15) is 18.2 Å². The molecule has 0 aliphatic carbocycles. The number of nitrogens with one attached hydrogen (secondary N) is 2. The van der Waals surface area contributed by atoms with E-state index in [-0.39, 0.29) is 6.04 Å². The number of pyridine rings is 2. The standard InChI is InChI=1S/C21H23N5OS/c1-2-4-15(5-3-1)28-18-14-19(26-10-12-27-13-11-26)24-20-16(18)6-8-22-21(20)17-7-9-23-25-17/h1-6,8,14,17,23,25H,7,9-13H2. The van der Waals surface area contributed by atoms with Crippen LogP contribution in [0.15, 0.2) is 58.5 Å². The summed E-state index contributed by atoms with van der Waals surface area (Å²) < 4.78 is 5.53. The van der Waals surface area contributed by atoms with Crippen molar-refractivity contribution >= 4 is 28.5 Å². The Bertz CT molecular complexity index is 956. The third-order valence-corrected chi connectivity index (χ3v) is 6.24. The zero-order valence-electron chi connectivity index (χ0n) is 15.6. The molecule has 0 amide bonds. The van der Waals surface area contributed by atoms with E-state index in [0.29, 0.717) is 0 Å². The summed E-state index contributed by atoms with van der Waals surface area (Å²) in [4.78, 5) is 14.5. The SMILES string of the molecule is c1ccc(Sc2cc(N3CCOCC3)nc3c(C4CCNN4)nccc23)cc1. The molecule has 7 heteroatoms. The Morgan fingerprint density at radius 1 is 1.11 bits per heavy atom. The zero-order valence-corrected chi connectivity index (χ0v) is 16.4. The van der Waals surface area contributed by atoms with Crippen molar-refractivity contribution in [2.24, 2.45) is 0 Å². The summed E-state index contributed by atoms with van der Waals surface area (Å²) in [7, 11) is 0. The molecule has 0 bridgehead atoms. The molecule has 2 aromatic heterocycles. The number of benzene rings is 1. The first-order valence-electron chi connectivity index (χ1n) is 9.72. The lowest BCUT2D eigenvalue weighted by atomic mass is 10.1. The molecule has 2 N–H and O–H groups in total. The van der Waals surface area contributed by atoms with Gasteiger partial charge in [-0.1, -0.05) is 30.0 Å². The molecular formula is C21H23N5OS. The number of hydrazine groups is 1. The van der Waals surface area contributed by atoms with Crippen molar-refractivity contribution < 1.29 is 4.74 Å². The quantitative estimate of drug-likeness (QED) is 0.706. The highest BCUT2D eigenvalue weighted by molar-refractivity contribution is 7.99. The van der Waals surface area contributed by atoms with E-state index in [1.165, 1.54) is 9.79 Å². The number of aromatic nitrogens is 2. The van der Waals surface area contributed by atoms with Gasteiger partial charge in [0.1, 0.15) is 5.82 Å². The second kappa shape index (κ2) is 8.05. The largest absolute Gasteiger partial charge is 0.378 e. The van der Waals surface area contributed by atoms with E-state index in [1.807, 2.05) is 6.20 Å². The molecule has 1 atom stereocenters. The number of hydrogen-bond donors (Lipinski definition) is 2. The first kappa shape index (κ1) is 17.9. The molecule has 2 saturated heterocycles. The van der Waals surface area contributed by atoms with Crippen molar-refractivity contribution in [1.29, 1.82) is 0 Å². The number of rotatable bonds is 4. The molecule has 0 saturated carbocycles. The fourth-order valence-corrected chi connectivity index (χ4v) is 4.71. The maximum absolute atomic E-state index is 5.53. The van der Waals surface area contributed by atoms with Crippen LogP contribution in [0.2, 0.25) is 0 Å². The molecule has 1 unspecified atom stereocenters. The first-order valence-corrected chi connectivity index (χ1v) is 10.5. The minimum atomic E-state index is 0.186. The van der Waals surface area contributed by atoms with Crippen LogP contribution >= 0.6 is 11.8 Å². The summed E-state index contributed by atoms with van der Waals surface area (Å²) >= 11 is 1.78. The smallest absolute Gasteiger partial charge is 0.130 e. The van der Waals surface area contributed by atoms with Gasteiger partial charge in [0.05, 0.1) is 30.5 Å². The molecule has 0 spiro atoms. The van der Waals surface area contributed by atoms with E-state index < -0.39 is 0 Å². The molecule has 28 heavy (non-hydrogen) atoms. The number of ether oxygens (including phenoxy) is 1. The minimum Gasteiger partial charge on any atom is -0.378 e. The molecule has 4 heterocycles. The number of hydrogen-bond acceptors (Lipinski definition) is 7. The summed E-state index contributed by atoms with van der Waals surface area (Å²) in [5, 5.41) is 1.16. The molecule has 2 aliphatic heterocycles. The van der Waals surface area contributed by atoms with Gasteiger partial charge in [0.25, 0.3) is 0 Å². The van der Waals surface area contributed by atoms with Crippen molar-refractivity contribution in [3.8, 4) is 0 Å². The number of anilines is 1. The van der Waals surface area contributed by atoms with Gasteiger partial charge in [0.2, 0.25) is 0 Å². The molecule has 6 nitrogen and oxygen atoms in total. The lowest BCUT2D eigenvalue weighted by Crippen LogP contribution is -2.36. The third kappa shape index (κ3) is 3.58. The summed E-state index contributed by atoms with van der Waals surface area (Å²) in [6, 6.07) is 15.0. The summed E-state index contributed by atoms with van der Waals surface area (Å²) in [6.07, 6.45) is 2.92. The molecular weight excluding hydrogens is 370 g/mol. The molecule has 5 rings (SSSR count). The van der Waals surface area contributed by atoms with E-state index in [2.05, 4.69) is 58.2 Å². The van der Waals surface area contributed by atoms with Crippen molar-refractivity contribution in [3.63, 3.8) is 0 Å². The van der Waals surface area contributed by atoms with Gasteiger partial charge in [-0.25, -0.2) is 10.4 Å². The maximum atomic E-state index is 5.53. The predicted octanol–water partition coefficient (Wildman–Crippen LogP) is 3.16. The number of nitrogens with zero attached hydrogens (tertiary/aromatic N) is 3. The Morgan fingerprint density at radius 3 is 2.75 bits per heavy atom. The van der Waals surface area contributed by atoms with Gasteiger partial charge in [0.15, 0.2) is 0 Å². The molecule has 2 aliphatic rings. The van der Waals surface area contributed by atoms with Gasteiger partial charge in [-0.2, -0.15) is 0 Å². The Balaban J connectivity index is 1.64. The number of morpholine rings is 1. The number of fused-ring (bicyclic) bond motifs is 1. The van der Waals surface area contributed by atoms with Crippen LogP contribution in [0.3, 0.4) is 0 Å². The molecule has 0 radical (unpaired) electrons. The normalized spacial score (nSPS) is 20.0. The fraction of sp³-hybridized carbons (Fsp3) is 0.333. The minimum absolute atomic E-state index is 0.186. The Hall–Kier alpha value is -2.19. The highest BCUT2D eigenvalue weighted by Gasteiger charge is 2.23. The van der Waals surface area contributed by atoms with Crippen LogP contribution in [-0.4, -0.2) is 42.8 Å². The van der Waals surface area contributed by atoms with Crippen LogP contribution in [0, 0.1) is 0 Å². The Morgan fingerprint density at radius 2 is 1.96 bits per heavy atom. The van der Waals surface area contributed by atoms with Gasteiger partial charge in [-0.05, 0) is 30.7 Å². The second-order valence-corrected chi connectivity index (χ2v) is 8.11. The van der Waals surface area contributed by atoms with Gasteiger partial charge in [-0.3, -0.25) is 10.4 Å². The molecule has 2 fully saturated rings. The van der Waals surface area contributed by atoms with Crippen LogP contribution in [0.4, 0.5) is 5.82 Å². The molecule has 1 aromatic carbocycles. The lowest BCUT2D eigenvalue weighted by molar-refractivity contribution is 0.122. The van der Waals surface area contributed by atoms with Gasteiger partial charge in [0, 0.05) is 41.0 Å². The third-order valence-electron chi connectivity index (χ3n) is 5.18. The van der Waals surface area contributed by atoms with E-state index in [4.69, 9.17) is 14.7 Å². The van der Waals surface area contributed by atoms with E-state index in [1.54, 1.807) is 11.8 Å². The highest BCUT2D eigenvalue weighted by Crippen LogP contribution is 2.37. The van der Waals surface area contributed by atoms with E-state index in [9.17, 15) is 0 Å². The topological polar surface area (TPSA) is 62.3 Å². The average molecular weight is 394 g/mol. The highest BCUT2D eigenvalue weighted by atomic mass is 32.2.